The summed E-state index contributed by atoms with van der Waals surface area (Å²) >= 11 is 2.03. The van der Waals surface area contributed by atoms with Gasteiger partial charge in [0.25, 0.3) is 0 Å². The highest BCUT2D eigenvalue weighted by molar-refractivity contribution is 8.00. The van der Waals surface area contributed by atoms with Gasteiger partial charge in [0, 0.05) is 16.7 Å². The van der Waals surface area contributed by atoms with Crippen molar-refractivity contribution in [3.63, 3.8) is 0 Å². The average molecular weight is 409 g/mol. The lowest BCUT2D eigenvalue weighted by Crippen LogP contribution is -2.34. The van der Waals surface area contributed by atoms with Crippen LogP contribution in [0.1, 0.15) is 29.9 Å². The van der Waals surface area contributed by atoms with Crippen molar-refractivity contribution in [1.29, 1.82) is 0 Å². The van der Waals surface area contributed by atoms with E-state index in [-0.39, 0.29) is 0 Å². The van der Waals surface area contributed by atoms with Crippen molar-refractivity contribution in [2.24, 2.45) is 0 Å². The third-order valence-corrected chi connectivity index (χ3v) is 7.04. The smallest absolute Gasteiger partial charge is 0.230 e. The summed E-state index contributed by atoms with van der Waals surface area (Å²) in [6.45, 7) is 7.23. The van der Waals surface area contributed by atoms with Gasteiger partial charge in [-0.1, -0.05) is 30.3 Å². The number of aromatic nitrogens is 1. The second kappa shape index (κ2) is 9.06. The molecule has 0 unspecified atom stereocenters. The van der Waals surface area contributed by atoms with Crippen LogP contribution in [0.4, 0.5) is 0 Å². The summed E-state index contributed by atoms with van der Waals surface area (Å²) in [7, 11) is 1.68. The molecule has 2 aromatic carbocycles. The number of likely N-dealkylation sites (tertiary alicyclic amines) is 1. The number of methoxy groups -OCH3 is 1. The van der Waals surface area contributed by atoms with Gasteiger partial charge in [-0.3, -0.25) is 4.90 Å². The normalized spacial score (nSPS) is 15.6. The number of hydrogen-bond acceptors (Lipinski definition) is 5. The van der Waals surface area contributed by atoms with Crippen LogP contribution in [0.3, 0.4) is 0 Å². The highest BCUT2D eigenvalue weighted by atomic mass is 32.2. The summed E-state index contributed by atoms with van der Waals surface area (Å²) in [6.07, 6.45) is 2.41. The number of hydrogen-bond donors (Lipinski definition) is 0. The molecule has 29 heavy (non-hydrogen) atoms. The van der Waals surface area contributed by atoms with E-state index in [0.717, 1.165) is 42.4 Å². The van der Waals surface area contributed by atoms with Crippen LogP contribution in [0.25, 0.3) is 11.5 Å². The number of rotatable bonds is 6. The van der Waals surface area contributed by atoms with Crippen LogP contribution < -0.4 is 4.74 Å². The van der Waals surface area contributed by atoms with Gasteiger partial charge in [0.05, 0.1) is 18.4 Å². The minimum atomic E-state index is 0.639. The third-order valence-electron chi connectivity index (χ3n) is 5.53. The van der Waals surface area contributed by atoms with E-state index >= 15 is 0 Å². The van der Waals surface area contributed by atoms with E-state index in [4.69, 9.17) is 14.1 Å². The topological polar surface area (TPSA) is 38.5 Å². The van der Waals surface area contributed by atoms with Gasteiger partial charge in [0.2, 0.25) is 5.89 Å². The second-order valence-corrected chi connectivity index (χ2v) is 8.92. The summed E-state index contributed by atoms with van der Waals surface area (Å²) in [4.78, 5) is 8.70. The quantitative estimate of drug-likeness (QED) is 0.521. The molecule has 152 valence electrons. The molecule has 0 N–H and O–H groups in total. The van der Waals surface area contributed by atoms with E-state index in [1.54, 1.807) is 7.11 Å². The molecule has 1 saturated heterocycles. The van der Waals surface area contributed by atoms with Crippen molar-refractivity contribution in [3.8, 4) is 17.2 Å². The lowest BCUT2D eigenvalue weighted by Gasteiger charge is -2.31. The molecule has 4 rings (SSSR count). The van der Waals surface area contributed by atoms with Crippen LogP contribution in [0, 0.1) is 13.8 Å². The van der Waals surface area contributed by atoms with Crippen molar-refractivity contribution in [3.05, 3.63) is 65.5 Å². The number of benzene rings is 2. The van der Waals surface area contributed by atoms with Gasteiger partial charge >= 0.3 is 0 Å². The molecule has 2 heterocycles. The molecule has 0 spiro atoms. The minimum Gasteiger partial charge on any atom is -0.496 e. The summed E-state index contributed by atoms with van der Waals surface area (Å²) in [6, 6.07) is 16.5. The maximum absolute atomic E-state index is 5.98. The molecule has 0 radical (unpaired) electrons. The maximum atomic E-state index is 5.98. The van der Waals surface area contributed by atoms with Crippen LogP contribution in [-0.4, -0.2) is 35.3 Å². The Morgan fingerprint density at radius 1 is 1.07 bits per heavy atom. The first kappa shape index (κ1) is 20.0. The van der Waals surface area contributed by atoms with Crippen molar-refractivity contribution < 1.29 is 9.15 Å². The molecule has 4 nitrogen and oxygen atoms in total. The lowest BCUT2D eigenvalue weighted by atomic mass is 10.1. The second-order valence-electron chi connectivity index (χ2n) is 7.58. The monoisotopic (exact) mass is 408 g/mol. The Balaban J connectivity index is 1.37. The Morgan fingerprint density at radius 3 is 2.55 bits per heavy atom. The van der Waals surface area contributed by atoms with E-state index in [0.29, 0.717) is 11.1 Å². The molecule has 0 bridgehead atoms. The predicted octanol–water partition coefficient (Wildman–Crippen LogP) is 5.72. The number of aryl methyl sites for hydroxylation is 2. The first-order chi connectivity index (χ1) is 14.1. The first-order valence-electron chi connectivity index (χ1n) is 10.2. The fraction of sp³-hybridized carbons (Fsp3) is 0.375. The largest absolute Gasteiger partial charge is 0.496 e. The zero-order chi connectivity index (χ0) is 20.2. The molecule has 1 aliphatic heterocycles. The summed E-state index contributed by atoms with van der Waals surface area (Å²) < 4.78 is 11.4. The minimum absolute atomic E-state index is 0.639. The van der Waals surface area contributed by atoms with Gasteiger partial charge in [0.1, 0.15) is 11.5 Å². The number of oxazole rings is 1. The van der Waals surface area contributed by atoms with Crippen LogP contribution in [-0.2, 0) is 6.54 Å². The molecular formula is C24H28N2O2S. The van der Waals surface area contributed by atoms with Crippen molar-refractivity contribution in [1.82, 2.24) is 9.88 Å². The molecule has 1 aliphatic rings. The van der Waals surface area contributed by atoms with E-state index in [9.17, 15) is 0 Å². The predicted molar refractivity (Wildman–Crippen MR) is 119 cm³/mol. The van der Waals surface area contributed by atoms with E-state index in [2.05, 4.69) is 36.1 Å². The number of para-hydroxylation sites is 1. The number of nitrogens with zero attached hydrogens (tertiary/aromatic N) is 2. The third kappa shape index (κ3) is 4.68. The number of ether oxygens (including phenoxy) is 1. The van der Waals surface area contributed by atoms with Crippen LogP contribution in [0.15, 0.2) is 57.8 Å². The van der Waals surface area contributed by atoms with Crippen LogP contribution in [0.2, 0.25) is 0 Å². The van der Waals surface area contributed by atoms with Crippen LogP contribution in [0.5, 0.6) is 5.75 Å². The summed E-state index contributed by atoms with van der Waals surface area (Å²) in [5, 5.41) is 0.690. The molecular weight excluding hydrogens is 380 g/mol. The van der Waals surface area contributed by atoms with Gasteiger partial charge in [-0.05, 0) is 63.5 Å². The average Bonchev–Trinajstić information content (AvgIpc) is 3.11. The Labute approximate surface area is 177 Å². The van der Waals surface area contributed by atoms with E-state index < -0.39 is 0 Å². The Morgan fingerprint density at radius 2 is 1.79 bits per heavy atom. The maximum Gasteiger partial charge on any atom is 0.230 e. The molecule has 5 heteroatoms. The number of thioether (sulfide) groups is 1. The molecule has 3 aromatic rings. The zero-order valence-corrected chi connectivity index (χ0v) is 18.2. The van der Waals surface area contributed by atoms with Crippen LogP contribution >= 0.6 is 11.8 Å². The van der Waals surface area contributed by atoms with Gasteiger partial charge < -0.3 is 9.15 Å². The highest BCUT2D eigenvalue weighted by Gasteiger charge is 2.23. The molecule has 0 saturated carbocycles. The fourth-order valence-electron chi connectivity index (χ4n) is 3.78. The first-order valence-corrected chi connectivity index (χ1v) is 11.1. The molecule has 0 aliphatic carbocycles. The van der Waals surface area contributed by atoms with Gasteiger partial charge in [-0.25, -0.2) is 4.98 Å². The molecule has 0 atom stereocenters. The Hall–Kier alpha value is -2.24. The van der Waals surface area contributed by atoms with E-state index in [1.165, 1.54) is 23.3 Å². The van der Waals surface area contributed by atoms with Gasteiger partial charge in [-0.2, -0.15) is 0 Å². The summed E-state index contributed by atoms with van der Waals surface area (Å²) in [5.41, 5.74) is 3.30. The number of piperidine rings is 1. The van der Waals surface area contributed by atoms with Crippen molar-refractivity contribution in [2.45, 2.75) is 43.4 Å². The van der Waals surface area contributed by atoms with E-state index in [1.807, 2.05) is 43.0 Å². The lowest BCUT2D eigenvalue weighted by molar-refractivity contribution is 0.221. The SMILES string of the molecule is COc1ccccc1-c1nc(CN2CCC(Sc3ccccc3C)CC2)c(C)o1. The Bertz CT molecular complexity index is 961. The molecule has 1 aromatic heterocycles. The van der Waals surface area contributed by atoms with Gasteiger partial charge in [0.15, 0.2) is 0 Å². The molecule has 1 fully saturated rings. The fourth-order valence-corrected chi connectivity index (χ4v) is 4.99. The molecule has 0 amide bonds. The summed E-state index contributed by atoms with van der Waals surface area (Å²) in [5.74, 6) is 2.32. The highest BCUT2D eigenvalue weighted by Crippen LogP contribution is 2.34. The standard InChI is InChI=1S/C24H28N2O2S/c1-17-8-4-7-11-23(17)29-19-12-14-26(15-13-19)16-21-18(2)28-24(25-21)20-9-5-6-10-22(20)27-3/h4-11,19H,12-16H2,1-3H3. The van der Waals surface area contributed by atoms with Crippen molar-refractivity contribution in [2.75, 3.05) is 20.2 Å². The van der Waals surface area contributed by atoms with Crippen molar-refractivity contribution >= 4 is 11.8 Å². The van der Waals surface area contributed by atoms with Gasteiger partial charge in [-0.15, -0.1) is 11.8 Å². The Kier molecular flexibility index (Phi) is 6.26. The zero-order valence-electron chi connectivity index (χ0n) is 17.4.